The zero-order chi connectivity index (χ0) is 10.4. The molecule has 0 aromatic carbocycles. The standard InChI is InChI=1S/C5H10O3.H3O3P/c1-3-5(2,8)4(6)7;1-4(2)3/h8H,3H2,1-2H3,(H,6,7);4H,(H2,1,2,3). The SMILES string of the molecule is CCC(C)(O)C(=O)O.O=[PH](O)O. The van der Waals surface area contributed by atoms with Gasteiger partial charge in [0.05, 0.1) is 0 Å². The molecule has 0 aromatic rings. The van der Waals surface area contributed by atoms with Gasteiger partial charge in [-0.15, -0.1) is 0 Å². The first-order chi connectivity index (χ1) is 5.24. The van der Waals surface area contributed by atoms with Crippen LogP contribution in [0.15, 0.2) is 0 Å². The molecule has 12 heavy (non-hydrogen) atoms. The van der Waals surface area contributed by atoms with Crippen LogP contribution in [0, 0.1) is 0 Å². The number of carbonyl (C=O) groups is 1. The van der Waals surface area contributed by atoms with Crippen molar-refractivity contribution in [1.29, 1.82) is 0 Å². The lowest BCUT2D eigenvalue weighted by atomic mass is 10.1. The lowest BCUT2D eigenvalue weighted by Gasteiger charge is -2.13. The summed E-state index contributed by atoms with van der Waals surface area (Å²) in [5.41, 5.74) is -1.54. The Bertz CT molecular complexity index is 161. The summed E-state index contributed by atoms with van der Waals surface area (Å²) in [6.07, 6.45) is 0.238. The monoisotopic (exact) mass is 200 g/mol. The van der Waals surface area contributed by atoms with Crippen LogP contribution in [0.3, 0.4) is 0 Å². The van der Waals surface area contributed by atoms with Crippen LogP contribution in [0.1, 0.15) is 20.3 Å². The molecule has 0 amide bonds. The van der Waals surface area contributed by atoms with E-state index in [0.717, 1.165) is 0 Å². The molecule has 0 heterocycles. The van der Waals surface area contributed by atoms with E-state index in [1.54, 1.807) is 6.92 Å². The first-order valence-corrected chi connectivity index (χ1v) is 4.42. The number of hydrogen-bond acceptors (Lipinski definition) is 3. The van der Waals surface area contributed by atoms with Gasteiger partial charge in [0.25, 0.3) is 0 Å². The van der Waals surface area contributed by atoms with E-state index >= 15 is 0 Å². The van der Waals surface area contributed by atoms with Crippen molar-refractivity contribution >= 4 is 14.2 Å². The summed E-state index contributed by atoms with van der Waals surface area (Å²) < 4.78 is 8.74. The van der Waals surface area contributed by atoms with Crippen LogP contribution in [0.25, 0.3) is 0 Å². The fraction of sp³-hybridized carbons (Fsp3) is 0.800. The van der Waals surface area contributed by atoms with Crippen molar-refractivity contribution < 1.29 is 29.4 Å². The van der Waals surface area contributed by atoms with Crippen LogP contribution in [-0.2, 0) is 9.36 Å². The van der Waals surface area contributed by atoms with Crippen LogP contribution in [0.5, 0.6) is 0 Å². The Kier molecular flexibility index (Phi) is 7.22. The van der Waals surface area contributed by atoms with E-state index in [4.69, 9.17) is 24.6 Å². The van der Waals surface area contributed by atoms with Gasteiger partial charge in [-0.2, -0.15) is 0 Å². The summed E-state index contributed by atoms with van der Waals surface area (Å²) in [4.78, 5) is 24.3. The van der Waals surface area contributed by atoms with Crippen LogP contribution >= 0.6 is 8.25 Å². The van der Waals surface area contributed by atoms with E-state index in [9.17, 15) is 4.79 Å². The number of rotatable bonds is 2. The molecule has 0 saturated carbocycles. The summed E-state index contributed by atoms with van der Waals surface area (Å²) in [5.74, 6) is -1.17. The Morgan fingerprint density at radius 2 is 1.75 bits per heavy atom. The van der Waals surface area contributed by atoms with E-state index in [2.05, 4.69) is 0 Å². The maximum absolute atomic E-state index is 10.0. The Hall–Kier alpha value is -0.420. The van der Waals surface area contributed by atoms with E-state index in [1.165, 1.54) is 6.92 Å². The van der Waals surface area contributed by atoms with Crippen LogP contribution in [-0.4, -0.2) is 31.6 Å². The molecule has 0 radical (unpaired) electrons. The fourth-order valence-corrected chi connectivity index (χ4v) is 0.151. The second-order valence-electron chi connectivity index (χ2n) is 2.22. The first kappa shape index (κ1) is 14.1. The van der Waals surface area contributed by atoms with Gasteiger partial charge >= 0.3 is 14.2 Å². The molecule has 0 saturated heterocycles. The Balaban J connectivity index is 0. The van der Waals surface area contributed by atoms with Crippen LogP contribution in [0.4, 0.5) is 0 Å². The van der Waals surface area contributed by atoms with Crippen molar-refractivity contribution in [1.82, 2.24) is 0 Å². The lowest BCUT2D eigenvalue weighted by Crippen LogP contribution is -2.33. The summed E-state index contributed by atoms with van der Waals surface area (Å²) in [6, 6.07) is 0. The van der Waals surface area contributed by atoms with Crippen molar-refractivity contribution in [3.8, 4) is 0 Å². The van der Waals surface area contributed by atoms with Crippen molar-refractivity contribution in [2.45, 2.75) is 25.9 Å². The predicted molar refractivity (Wildman–Crippen MR) is 42.0 cm³/mol. The van der Waals surface area contributed by atoms with Crippen LogP contribution in [0.2, 0.25) is 0 Å². The zero-order valence-electron chi connectivity index (χ0n) is 6.81. The number of carboxylic acids is 1. The number of carboxylic acid groups (broad SMARTS) is 1. The molecule has 0 spiro atoms. The predicted octanol–water partition coefficient (Wildman–Crippen LogP) is -0.407. The molecule has 0 aliphatic heterocycles. The lowest BCUT2D eigenvalue weighted by molar-refractivity contribution is -0.156. The third-order valence-corrected chi connectivity index (χ3v) is 1.15. The molecule has 0 aromatic heterocycles. The molecular weight excluding hydrogens is 187 g/mol. The van der Waals surface area contributed by atoms with E-state index < -0.39 is 19.8 Å². The average Bonchev–Trinajstić information content (AvgIpc) is 1.86. The quantitative estimate of drug-likeness (QED) is 0.450. The van der Waals surface area contributed by atoms with Gasteiger partial charge in [0.2, 0.25) is 0 Å². The van der Waals surface area contributed by atoms with Gasteiger partial charge in [0, 0.05) is 0 Å². The van der Waals surface area contributed by atoms with Gasteiger partial charge < -0.3 is 20.0 Å². The van der Waals surface area contributed by atoms with Crippen molar-refractivity contribution in [2.75, 3.05) is 0 Å². The molecule has 1 unspecified atom stereocenters. The van der Waals surface area contributed by atoms with Crippen molar-refractivity contribution in [2.24, 2.45) is 0 Å². The maximum atomic E-state index is 10.0. The molecule has 0 aliphatic carbocycles. The van der Waals surface area contributed by atoms with Gasteiger partial charge in [-0.25, -0.2) is 4.79 Å². The molecule has 7 heteroatoms. The number of aliphatic carboxylic acids is 1. The summed E-state index contributed by atoms with van der Waals surface area (Å²) >= 11 is 0. The van der Waals surface area contributed by atoms with Gasteiger partial charge in [-0.05, 0) is 13.3 Å². The molecule has 1 atom stereocenters. The number of aliphatic hydroxyl groups is 1. The number of hydrogen-bond donors (Lipinski definition) is 4. The van der Waals surface area contributed by atoms with Gasteiger partial charge in [-0.3, -0.25) is 4.57 Å². The molecule has 0 bridgehead atoms. The van der Waals surface area contributed by atoms with Crippen molar-refractivity contribution in [3.63, 3.8) is 0 Å². The van der Waals surface area contributed by atoms with Gasteiger partial charge in [0.1, 0.15) is 0 Å². The molecule has 74 valence electrons. The third-order valence-electron chi connectivity index (χ3n) is 1.15. The smallest absolute Gasteiger partial charge is 0.335 e. The highest BCUT2D eigenvalue weighted by molar-refractivity contribution is 7.30. The second kappa shape index (κ2) is 6.14. The molecular formula is C5H13O6P. The summed E-state index contributed by atoms with van der Waals surface area (Å²) in [6.45, 7) is 2.89. The Morgan fingerprint density at radius 1 is 1.50 bits per heavy atom. The zero-order valence-corrected chi connectivity index (χ0v) is 7.81. The normalized spacial score (nSPS) is 14.5. The molecule has 4 N–H and O–H groups in total. The van der Waals surface area contributed by atoms with Crippen molar-refractivity contribution in [3.05, 3.63) is 0 Å². The van der Waals surface area contributed by atoms with Gasteiger partial charge in [-0.1, -0.05) is 6.92 Å². The van der Waals surface area contributed by atoms with E-state index in [-0.39, 0.29) is 6.42 Å². The Morgan fingerprint density at radius 3 is 1.75 bits per heavy atom. The van der Waals surface area contributed by atoms with E-state index in [0.29, 0.717) is 0 Å². The second-order valence-corrected chi connectivity index (χ2v) is 2.78. The molecule has 0 fully saturated rings. The van der Waals surface area contributed by atoms with E-state index in [1.807, 2.05) is 0 Å². The molecule has 0 aliphatic rings. The fourth-order valence-electron chi connectivity index (χ4n) is 0.151. The summed E-state index contributed by atoms with van der Waals surface area (Å²) in [7, 11) is -3.13. The van der Waals surface area contributed by atoms with Crippen LogP contribution < -0.4 is 0 Å². The topological polar surface area (TPSA) is 115 Å². The minimum absolute atomic E-state index is 0.238. The van der Waals surface area contributed by atoms with Gasteiger partial charge in [0.15, 0.2) is 5.60 Å². The highest BCUT2D eigenvalue weighted by atomic mass is 31.1. The highest BCUT2D eigenvalue weighted by Gasteiger charge is 2.26. The highest BCUT2D eigenvalue weighted by Crippen LogP contribution is 2.06. The first-order valence-electron chi connectivity index (χ1n) is 3.11. The minimum atomic E-state index is -3.13. The molecule has 6 nitrogen and oxygen atoms in total. The summed E-state index contributed by atoms with van der Waals surface area (Å²) in [5, 5.41) is 17.0. The Labute approximate surface area is 70.4 Å². The average molecular weight is 200 g/mol. The maximum Gasteiger partial charge on any atom is 0.335 e. The minimum Gasteiger partial charge on any atom is -0.479 e. The third kappa shape index (κ3) is 9.58. The largest absolute Gasteiger partial charge is 0.479 e. The molecule has 0 rings (SSSR count).